The summed E-state index contributed by atoms with van der Waals surface area (Å²) in [5.41, 5.74) is 0.512. The second kappa shape index (κ2) is 5.99. The van der Waals surface area contributed by atoms with E-state index in [1.807, 2.05) is 0 Å². The fourth-order valence-electron chi connectivity index (χ4n) is 3.26. The number of hydrogen-bond donors (Lipinski definition) is 0. The van der Waals surface area contributed by atoms with Crippen molar-refractivity contribution in [1.29, 1.82) is 5.26 Å². The van der Waals surface area contributed by atoms with Crippen molar-refractivity contribution in [3.8, 4) is 6.07 Å². The first-order valence-corrected chi connectivity index (χ1v) is 7.71. The highest BCUT2D eigenvalue weighted by molar-refractivity contribution is 6.34. The fraction of sp³-hybridized carbons (Fsp3) is 0.600. The van der Waals surface area contributed by atoms with Gasteiger partial charge in [-0.05, 0) is 38.4 Å². The molecule has 106 valence electrons. The van der Waals surface area contributed by atoms with E-state index >= 15 is 0 Å². The summed E-state index contributed by atoms with van der Waals surface area (Å²) in [7, 11) is 0. The van der Waals surface area contributed by atoms with Crippen LogP contribution in [-0.4, -0.2) is 42.1 Å². The van der Waals surface area contributed by atoms with Gasteiger partial charge in [-0.2, -0.15) is 5.26 Å². The summed E-state index contributed by atoms with van der Waals surface area (Å²) in [6.07, 6.45) is 6.84. The molecule has 0 N–H and O–H groups in total. The molecule has 1 unspecified atom stereocenters. The number of rotatable bonds is 2. The van der Waals surface area contributed by atoms with Crippen LogP contribution in [0.1, 0.15) is 31.2 Å². The molecule has 20 heavy (non-hydrogen) atoms. The summed E-state index contributed by atoms with van der Waals surface area (Å²) in [6, 6.07) is 4.41. The molecule has 2 saturated heterocycles. The molecule has 2 aliphatic rings. The summed E-state index contributed by atoms with van der Waals surface area (Å²) >= 11 is 6.28. The van der Waals surface area contributed by atoms with Crippen molar-refractivity contribution in [3.05, 3.63) is 22.8 Å². The zero-order valence-electron chi connectivity index (χ0n) is 11.6. The van der Waals surface area contributed by atoms with Gasteiger partial charge in [0.2, 0.25) is 0 Å². The molecule has 0 amide bonds. The summed E-state index contributed by atoms with van der Waals surface area (Å²) < 4.78 is 0. The molecule has 1 aromatic rings. The van der Waals surface area contributed by atoms with Crippen molar-refractivity contribution in [3.63, 3.8) is 0 Å². The molecule has 0 radical (unpaired) electrons. The van der Waals surface area contributed by atoms with E-state index in [9.17, 15) is 0 Å². The monoisotopic (exact) mass is 290 g/mol. The van der Waals surface area contributed by atoms with Crippen LogP contribution in [0, 0.1) is 11.3 Å². The molecule has 0 saturated carbocycles. The Hall–Kier alpha value is -1.31. The molecule has 0 aliphatic carbocycles. The predicted octanol–water partition coefficient (Wildman–Crippen LogP) is 2.67. The topological polar surface area (TPSA) is 43.2 Å². The number of piperidine rings is 1. The molecule has 0 spiro atoms. The van der Waals surface area contributed by atoms with Crippen LogP contribution in [0.2, 0.25) is 5.02 Å². The normalized spacial score (nSPS) is 23.8. The largest absolute Gasteiger partial charge is 0.354 e. The van der Waals surface area contributed by atoms with Crippen LogP contribution < -0.4 is 4.90 Å². The SMILES string of the molecule is N#Cc1ccnc(N2CCC(N3CCCCC3)C2)c1Cl. The van der Waals surface area contributed by atoms with Crippen LogP contribution in [0.15, 0.2) is 12.3 Å². The van der Waals surface area contributed by atoms with Gasteiger partial charge < -0.3 is 4.90 Å². The third kappa shape index (κ3) is 2.61. The molecule has 5 heteroatoms. The third-order valence-corrected chi connectivity index (χ3v) is 4.73. The smallest absolute Gasteiger partial charge is 0.148 e. The highest BCUT2D eigenvalue weighted by Crippen LogP contribution is 2.30. The maximum atomic E-state index is 9.05. The first-order chi connectivity index (χ1) is 9.79. The highest BCUT2D eigenvalue weighted by atomic mass is 35.5. The summed E-state index contributed by atoms with van der Waals surface area (Å²) in [6.45, 7) is 4.39. The van der Waals surface area contributed by atoms with Gasteiger partial charge in [0.05, 0.1) is 5.56 Å². The van der Waals surface area contributed by atoms with Crippen LogP contribution in [0.3, 0.4) is 0 Å². The molecule has 1 aromatic heterocycles. The average Bonchev–Trinajstić information content (AvgIpc) is 2.98. The van der Waals surface area contributed by atoms with Gasteiger partial charge in [0.15, 0.2) is 0 Å². The van der Waals surface area contributed by atoms with E-state index < -0.39 is 0 Å². The van der Waals surface area contributed by atoms with E-state index in [4.69, 9.17) is 16.9 Å². The summed E-state index contributed by atoms with van der Waals surface area (Å²) in [5.74, 6) is 0.769. The van der Waals surface area contributed by atoms with Crippen LogP contribution in [-0.2, 0) is 0 Å². The number of anilines is 1. The first-order valence-electron chi connectivity index (χ1n) is 7.33. The van der Waals surface area contributed by atoms with E-state index in [2.05, 4.69) is 20.9 Å². The second-order valence-electron chi connectivity index (χ2n) is 5.59. The maximum Gasteiger partial charge on any atom is 0.148 e. The highest BCUT2D eigenvalue weighted by Gasteiger charge is 2.30. The van der Waals surface area contributed by atoms with Crippen molar-refractivity contribution in [1.82, 2.24) is 9.88 Å². The Bertz CT molecular complexity index is 519. The van der Waals surface area contributed by atoms with Gasteiger partial charge in [-0.15, -0.1) is 0 Å². The molecule has 2 aliphatic heterocycles. The van der Waals surface area contributed by atoms with Crippen molar-refractivity contribution >= 4 is 17.4 Å². The number of aromatic nitrogens is 1. The first kappa shape index (κ1) is 13.7. The van der Waals surface area contributed by atoms with E-state index in [-0.39, 0.29) is 0 Å². The predicted molar refractivity (Wildman–Crippen MR) is 80.0 cm³/mol. The minimum absolute atomic E-state index is 0.495. The lowest BCUT2D eigenvalue weighted by Gasteiger charge is -2.32. The van der Waals surface area contributed by atoms with Gasteiger partial charge in [-0.3, -0.25) is 4.90 Å². The maximum absolute atomic E-state index is 9.05. The molecule has 0 aromatic carbocycles. The summed E-state index contributed by atoms with van der Waals surface area (Å²) in [4.78, 5) is 9.20. The molecule has 1 atom stereocenters. The number of halogens is 1. The van der Waals surface area contributed by atoms with Gasteiger partial charge in [0.25, 0.3) is 0 Å². The van der Waals surface area contributed by atoms with Crippen LogP contribution in [0.5, 0.6) is 0 Å². The Morgan fingerprint density at radius 3 is 2.80 bits per heavy atom. The van der Waals surface area contributed by atoms with Crippen molar-refractivity contribution in [2.24, 2.45) is 0 Å². The molecular formula is C15H19ClN4. The molecule has 3 rings (SSSR count). The van der Waals surface area contributed by atoms with E-state index in [0.717, 1.165) is 25.3 Å². The minimum atomic E-state index is 0.495. The van der Waals surface area contributed by atoms with Gasteiger partial charge in [0.1, 0.15) is 16.9 Å². The Morgan fingerprint density at radius 2 is 2.05 bits per heavy atom. The molecule has 4 nitrogen and oxygen atoms in total. The lowest BCUT2D eigenvalue weighted by molar-refractivity contribution is 0.175. The van der Waals surface area contributed by atoms with Gasteiger partial charge >= 0.3 is 0 Å². The van der Waals surface area contributed by atoms with Crippen molar-refractivity contribution in [2.75, 3.05) is 31.1 Å². The number of hydrogen-bond acceptors (Lipinski definition) is 4. The summed E-state index contributed by atoms with van der Waals surface area (Å²) in [5, 5.41) is 9.55. The van der Waals surface area contributed by atoms with Gasteiger partial charge in [-0.25, -0.2) is 4.98 Å². The lowest BCUT2D eigenvalue weighted by Crippen LogP contribution is -2.41. The number of nitriles is 1. The quantitative estimate of drug-likeness (QED) is 0.840. The molecular weight excluding hydrogens is 272 g/mol. The number of pyridine rings is 1. The Labute approximate surface area is 125 Å². The van der Waals surface area contributed by atoms with Gasteiger partial charge in [-0.1, -0.05) is 18.0 Å². The average molecular weight is 291 g/mol. The third-order valence-electron chi connectivity index (χ3n) is 4.36. The van der Waals surface area contributed by atoms with E-state index in [1.165, 1.54) is 32.4 Å². The van der Waals surface area contributed by atoms with Crippen LogP contribution in [0.4, 0.5) is 5.82 Å². The minimum Gasteiger partial charge on any atom is -0.354 e. The zero-order valence-corrected chi connectivity index (χ0v) is 12.3. The lowest BCUT2D eigenvalue weighted by atomic mass is 10.1. The molecule has 0 bridgehead atoms. The molecule has 2 fully saturated rings. The van der Waals surface area contributed by atoms with Crippen LogP contribution >= 0.6 is 11.6 Å². The Morgan fingerprint density at radius 1 is 1.25 bits per heavy atom. The van der Waals surface area contributed by atoms with Gasteiger partial charge in [0, 0.05) is 25.3 Å². The zero-order chi connectivity index (χ0) is 13.9. The number of nitrogens with zero attached hydrogens (tertiary/aromatic N) is 4. The Balaban J connectivity index is 1.72. The van der Waals surface area contributed by atoms with Crippen molar-refractivity contribution < 1.29 is 0 Å². The fourth-order valence-corrected chi connectivity index (χ4v) is 3.53. The molecule has 3 heterocycles. The standard InChI is InChI=1S/C15H19ClN4/c16-14-12(10-17)4-6-18-15(14)20-9-5-13(11-20)19-7-2-1-3-8-19/h4,6,13H,1-3,5,7-9,11H2. The van der Waals surface area contributed by atoms with Crippen LogP contribution in [0.25, 0.3) is 0 Å². The van der Waals surface area contributed by atoms with E-state index in [1.54, 1.807) is 12.3 Å². The Kier molecular flexibility index (Phi) is 4.09. The van der Waals surface area contributed by atoms with E-state index in [0.29, 0.717) is 16.6 Å². The second-order valence-corrected chi connectivity index (χ2v) is 5.97. The van der Waals surface area contributed by atoms with Crippen molar-refractivity contribution in [2.45, 2.75) is 31.7 Å². The number of likely N-dealkylation sites (tertiary alicyclic amines) is 1.